The van der Waals surface area contributed by atoms with Gasteiger partial charge >= 0.3 is 12.0 Å². The van der Waals surface area contributed by atoms with Crippen LogP contribution in [0.2, 0.25) is 0 Å². The Morgan fingerprint density at radius 3 is 2.05 bits per heavy atom. The summed E-state index contributed by atoms with van der Waals surface area (Å²) >= 11 is 0. The van der Waals surface area contributed by atoms with Crippen LogP contribution in [0.3, 0.4) is 0 Å². The molecule has 8 nitrogen and oxygen atoms in total. The molecule has 0 unspecified atom stereocenters. The Balaban J connectivity index is 1.62. The first kappa shape index (κ1) is 14.7. The number of rotatable bonds is 5. The van der Waals surface area contributed by atoms with Crippen LogP contribution < -0.4 is 10.6 Å². The van der Waals surface area contributed by atoms with E-state index in [2.05, 4.69) is 10.6 Å². The number of piperazine rings is 1. The predicted octanol–water partition coefficient (Wildman–Crippen LogP) is -1.32. The Hall–Kier alpha value is -1.67. The van der Waals surface area contributed by atoms with Gasteiger partial charge in [-0.2, -0.15) is 0 Å². The van der Waals surface area contributed by atoms with Gasteiger partial charge < -0.3 is 10.4 Å². The number of hydrogen-bond acceptors (Lipinski definition) is 5. The van der Waals surface area contributed by atoms with Crippen molar-refractivity contribution in [2.75, 3.05) is 39.3 Å². The average molecular weight is 284 g/mol. The summed E-state index contributed by atoms with van der Waals surface area (Å²) in [7, 11) is 0. The number of carbonyl (C=O) groups excluding carboxylic acids is 2. The van der Waals surface area contributed by atoms with Crippen molar-refractivity contribution in [2.45, 2.75) is 18.9 Å². The molecule has 1 saturated heterocycles. The summed E-state index contributed by atoms with van der Waals surface area (Å²) in [4.78, 5) is 37.4. The lowest BCUT2D eigenvalue weighted by Gasteiger charge is -2.33. The number of carbonyl (C=O) groups is 3. The fourth-order valence-corrected chi connectivity index (χ4v) is 2.12. The molecule has 20 heavy (non-hydrogen) atoms. The van der Waals surface area contributed by atoms with Crippen LogP contribution in [0.15, 0.2) is 0 Å². The lowest BCUT2D eigenvalue weighted by molar-refractivity contribution is -0.139. The van der Waals surface area contributed by atoms with E-state index in [1.165, 1.54) is 0 Å². The van der Waals surface area contributed by atoms with Crippen molar-refractivity contribution in [2.24, 2.45) is 0 Å². The number of imide groups is 1. The number of urea groups is 1. The minimum absolute atomic E-state index is 0.0316. The lowest BCUT2D eigenvalue weighted by atomic mass is 10.3. The molecule has 1 aliphatic carbocycles. The first-order valence-corrected chi connectivity index (χ1v) is 6.80. The summed E-state index contributed by atoms with van der Waals surface area (Å²) in [6.07, 6.45) is 1.96. The summed E-state index contributed by atoms with van der Waals surface area (Å²) in [6.45, 7) is 2.69. The van der Waals surface area contributed by atoms with Crippen LogP contribution in [0.25, 0.3) is 0 Å². The molecule has 1 heterocycles. The highest BCUT2D eigenvalue weighted by molar-refractivity contribution is 5.95. The molecule has 3 amide bonds. The summed E-state index contributed by atoms with van der Waals surface area (Å²) in [5.74, 6) is -1.16. The van der Waals surface area contributed by atoms with Gasteiger partial charge in [-0.05, 0) is 12.8 Å². The Kier molecular flexibility index (Phi) is 4.91. The second-order valence-corrected chi connectivity index (χ2v) is 5.24. The normalized spacial score (nSPS) is 20.4. The molecule has 0 aromatic heterocycles. The predicted molar refractivity (Wildman–Crippen MR) is 70.2 cm³/mol. The third-order valence-corrected chi connectivity index (χ3v) is 3.36. The van der Waals surface area contributed by atoms with E-state index < -0.39 is 12.0 Å². The third-order valence-electron chi connectivity index (χ3n) is 3.36. The van der Waals surface area contributed by atoms with Gasteiger partial charge in [0.2, 0.25) is 5.91 Å². The van der Waals surface area contributed by atoms with E-state index in [4.69, 9.17) is 5.11 Å². The first-order chi connectivity index (χ1) is 9.52. The van der Waals surface area contributed by atoms with Gasteiger partial charge in [-0.1, -0.05) is 0 Å². The molecule has 0 radical (unpaired) electrons. The lowest BCUT2D eigenvalue weighted by Crippen LogP contribution is -2.51. The molecule has 0 bridgehead atoms. The van der Waals surface area contributed by atoms with Crippen molar-refractivity contribution >= 4 is 17.9 Å². The van der Waals surface area contributed by atoms with Gasteiger partial charge in [0.05, 0.1) is 13.1 Å². The zero-order valence-corrected chi connectivity index (χ0v) is 11.3. The Labute approximate surface area is 117 Å². The molecule has 2 aliphatic rings. The summed E-state index contributed by atoms with van der Waals surface area (Å²) < 4.78 is 0. The van der Waals surface area contributed by atoms with Crippen LogP contribution in [-0.2, 0) is 9.59 Å². The zero-order valence-electron chi connectivity index (χ0n) is 11.3. The van der Waals surface area contributed by atoms with Gasteiger partial charge in [0.15, 0.2) is 0 Å². The average Bonchev–Trinajstić information content (AvgIpc) is 3.14. The third kappa shape index (κ3) is 5.14. The molecule has 2 rings (SSSR count). The van der Waals surface area contributed by atoms with Crippen molar-refractivity contribution in [3.63, 3.8) is 0 Å². The molecule has 0 aromatic rings. The zero-order chi connectivity index (χ0) is 14.5. The van der Waals surface area contributed by atoms with Gasteiger partial charge in [0.25, 0.3) is 0 Å². The standard InChI is InChI=1S/C12H20N4O4/c17-10(14-12(20)13-9-1-2-9)7-15-3-5-16(6-4-15)8-11(18)19/h9H,1-8H2,(H,18,19)(H2,13,14,17,20). The highest BCUT2D eigenvalue weighted by Crippen LogP contribution is 2.18. The summed E-state index contributed by atoms with van der Waals surface area (Å²) in [6, 6.07) is -0.204. The van der Waals surface area contributed by atoms with Crippen molar-refractivity contribution in [3.05, 3.63) is 0 Å². The summed E-state index contributed by atoms with van der Waals surface area (Å²) in [5, 5.41) is 13.7. The second-order valence-electron chi connectivity index (χ2n) is 5.24. The van der Waals surface area contributed by atoms with Crippen LogP contribution in [0.5, 0.6) is 0 Å². The van der Waals surface area contributed by atoms with Gasteiger partial charge in [-0.15, -0.1) is 0 Å². The van der Waals surface area contributed by atoms with Gasteiger partial charge in [-0.3, -0.25) is 24.7 Å². The van der Waals surface area contributed by atoms with Crippen LogP contribution >= 0.6 is 0 Å². The van der Waals surface area contributed by atoms with E-state index in [0.29, 0.717) is 26.2 Å². The number of carboxylic acid groups (broad SMARTS) is 1. The maximum Gasteiger partial charge on any atom is 0.321 e. The molecule has 3 N–H and O–H groups in total. The van der Waals surface area contributed by atoms with Crippen LogP contribution in [0.4, 0.5) is 4.79 Å². The second kappa shape index (κ2) is 6.67. The van der Waals surface area contributed by atoms with E-state index in [-0.39, 0.29) is 25.0 Å². The minimum Gasteiger partial charge on any atom is -0.480 e. The van der Waals surface area contributed by atoms with E-state index >= 15 is 0 Å². The number of nitrogens with one attached hydrogen (secondary N) is 2. The van der Waals surface area contributed by atoms with Crippen molar-refractivity contribution in [3.8, 4) is 0 Å². The highest BCUT2D eigenvalue weighted by atomic mass is 16.4. The molecule has 8 heteroatoms. The highest BCUT2D eigenvalue weighted by Gasteiger charge is 2.25. The van der Waals surface area contributed by atoms with Crippen LogP contribution in [-0.4, -0.2) is 78.1 Å². The number of aliphatic carboxylic acids is 1. The van der Waals surface area contributed by atoms with Crippen LogP contribution in [0, 0.1) is 0 Å². The number of nitrogens with zero attached hydrogens (tertiary/aromatic N) is 2. The molecule has 1 aliphatic heterocycles. The van der Waals surface area contributed by atoms with E-state index in [1.54, 1.807) is 0 Å². The molecule has 112 valence electrons. The molecule has 1 saturated carbocycles. The van der Waals surface area contributed by atoms with Crippen molar-refractivity contribution in [1.29, 1.82) is 0 Å². The molecular formula is C12H20N4O4. The quantitative estimate of drug-likeness (QED) is 0.578. The SMILES string of the molecule is O=C(O)CN1CCN(CC(=O)NC(=O)NC2CC2)CC1. The largest absolute Gasteiger partial charge is 0.480 e. The Bertz CT molecular complexity index is 389. The molecule has 2 fully saturated rings. The van der Waals surface area contributed by atoms with Crippen molar-refractivity contribution < 1.29 is 19.5 Å². The number of carboxylic acids is 1. The van der Waals surface area contributed by atoms with Crippen molar-refractivity contribution in [1.82, 2.24) is 20.4 Å². The molecule has 0 aromatic carbocycles. The maximum absolute atomic E-state index is 11.7. The Morgan fingerprint density at radius 1 is 1.00 bits per heavy atom. The topological polar surface area (TPSA) is 102 Å². The number of amides is 3. The van der Waals surface area contributed by atoms with Gasteiger partial charge in [-0.25, -0.2) is 4.79 Å². The smallest absolute Gasteiger partial charge is 0.321 e. The summed E-state index contributed by atoms with van der Waals surface area (Å²) in [5.41, 5.74) is 0. The fraction of sp³-hybridized carbons (Fsp3) is 0.750. The fourth-order valence-electron chi connectivity index (χ4n) is 2.12. The van der Waals surface area contributed by atoms with Crippen LogP contribution in [0.1, 0.15) is 12.8 Å². The first-order valence-electron chi connectivity index (χ1n) is 6.80. The molecule has 0 atom stereocenters. The van der Waals surface area contributed by atoms with E-state index in [9.17, 15) is 14.4 Å². The maximum atomic E-state index is 11.7. The monoisotopic (exact) mass is 284 g/mol. The Morgan fingerprint density at radius 2 is 1.55 bits per heavy atom. The minimum atomic E-state index is -0.840. The molecule has 0 spiro atoms. The van der Waals surface area contributed by atoms with E-state index in [1.807, 2.05) is 9.80 Å². The van der Waals surface area contributed by atoms with E-state index in [0.717, 1.165) is 12.8 Å². The molecular weight excluding hydrogens is 264 g/mol. The number of hydrogen-bond donors (Lipinski definition) is 3. The van der Waals surface area contributed by atoms with Gasteiger partial charge in [0, 0.05) is 32.2 Å². The van der Waals surface area contributed by atoms with Gasteiger partial charge in [0.1, 0.15) is 0 Å².